The second kappa shape index (κ2) is 10.7. The molecule has 0 saturated heterocycles. The predicted octanol–water partition coefficient (Wildman–Crippen LogP) is -3.57. The van der Waals surface area contributed by atoms with Crippen LogP contribution >= 0.6 is 12.0 Å². The molecule has 0 saturated carbocycles. The van der Waals surface area contributed by atoms with E-state index >= 15 is 0 Å². The maximum atomic E-state index is 10.4. The molecule has 11 heavy (non-hydrogen) atoms. The molecule has 0 bridgehead atoms. The molecule has 0 amide bonds. The summed E-state index contributed by atoms with van der Waals surface area (Å²) in [7, 11) is 0. The molecule has 0 unspecified atom stereocenters. The molecule has 0 aromatic heterocycles. The van der Waals surface area contributed by atoms with Crippen LogP contribution in [0.1, 0.15) is 6.92 Å². The topological polar surface area (TPSA) is 67.8 Å². The van der Waals surface area contributed by atoms with Crippen LogP contribution in [0.25, 0.3) is 0 Å². The van der Waals surface area contributed by atoms with Gasteiger partial charge < -0.3 is 9.99 Å². The average molecular weight is 190 g/mol. The molecular weight excluding hydrogens is 183 g/mol. The predicted molar refractivity (Wildman–Crippen MR) is 31.3 cm³/mol. The summed E-state index contributed by atoms with van der Waals surface area (Å²) in [5.41, 5.74) is 0. The van der Waals surface area contributed by atoms with Crippen LogP contribution in [0, 0.1) is 0 Å². The third kappa shape index (κ3) is 10.7. The van der Waals surface area contributed by atoms with Gasteiger partial charge in [-0.2, -0.15) is 4.33 Å². The smallest absolute Gasteiger partial charge is 0.691 e. The largest absolute Gasteiger partial charge is 1.00 e. The Morgan fingerprint density at radius 1 is 1.64 bits per heavy atom. The molecule has 0 aliphatic heterocycles. The molecule has 0 aliphatic rings. The minimum atomic E-state index is -0.440. The SMILES string of the molecule is CCOC(=O)CSOO[O-].[Na+]. The van der Waals surface area contributed by atoms with Crippen LogP contribution in [-0.2, 0) is 18.9 Å². The van der Waals surface area contributed by atoms with Gasteiger partial charge in [-0.3, -0.25) is 9.83 Å². The monoisotopic (exact) mass is 190 g/mol. The zero-order chi connectivity index (χ0) is 7.82. The number of ether oxygens (including phenoxy) is 1. The van der Waals surface area contributed by atoms with Gasteiger partial charge in [-0.25, -0.2) is 0 Å². The van der Waals surface area contributed by atoms with Gasteiger partial charge in [0.2, 0.25) is 0 Å². The van der Waals surface area contributed by atoms with Crippen molar-refractivity contribution in [2.75, 3.05) is 12.4 Å². The third-order valence-corrected chi connectivity index (χ3v) is 1.06. The molecule has 60 valence electrons. The van der Waals surface area contributed by atoms with Crippen molar-refractivity contribution in [3.63, 3.8) is 0 Å². The van der Waals surface area contributed by atoms with Crippen molar-refractivity contribution < 1.29 is 53.7 Å². The van der Waals surface area contributed by atoms with Gasteiger partial charge in [0, 0.05) is 12.0 Å². The van der Waals surface area contributed by atoms with E-state index in [1.54, 1.807) is 6.92 Å². The van der Waals surface area contributed by atoms with Crippen LogP contribution in [0.3, 0.4) is 0 Å². The molecule has 0 aromatic rings. The van der Waals surface area contributed by atoms with E-state index in [1.807, 2.05) is 0 Å². The van der Waals surface area contributed by atoms with E-state index in [0.717, 1.165) is 0 Å². The molecule has 0 N–H and O–H groups in total. The Morgan fingerprint density at radius 3 is 2.73 bits per heavy atom. The number of carbonyl (C=O) groups excluding carboxylic acids is 1. The number of carbonyl (C=O) groups is 1. The number of rotatable bonds is 5. The van der Waals surface area contributed by atoms with Gasteiger partial charge in [-0.05, 0) is 6.92 Å². The molecule has 0 spiro atoms. The van der Waals surface area contributed by atoms with Gasteiger partial charge in [0.25, 0.3) is 0 Å². The van der Waals surface area contributed by atoms with Crippen molar-refractivity contribution in [2.24, 2.45) is 0 Å². The average Bonchev–Trinajstić information content (AvgIpc) is 1.89. The van der Waals surface area contributed by atoms with Gasteiger partial charge in [-0.1, -0.05) is 0 Å². The second-order valence-corrected chi connectivity index (χ2v) is 1.86. The van der Waals surface area contributed by atoms with Gasteiger partial charge in [-0.15, -0.1) is 0 Å². The molecule has 0 fully saturated rings. The van der Waals surface area contributed by atoms with Gasteiger partial charge >= 0.3 is 35.5 Å². The second-order valence-electron chi connectivity index (χ2n) is 1.20. The molecule has 0 heterocycles. The summed E-state index contributed by atoms with van der Waals surface area (Å²) < 4.78 is 8.30. The van der Waals surface area contributed by atoms with Crippen LogP contribution in [0.15, 0.2) is 0 Å². The molecule has 5 nitrogen and oxygen atoms in total. The third-order valence-electron chi connectivity index (χ3n) is 0.558. The van der Waals surface area contributed by atoms with Gasteiger partial charge in [0.05, 0.1) is 6.61 Å². The van der Waals surface area contributed by atoms with Crippen molar-refractivity contribution >= 4 is 18.0 Å². The van der Waals surface area contributed by atoms with Crippen molar-refractivity contribution in [2.45, 2.75) is 6.92 Å². The van der Waals surface area contributed by atoms with E-state index in [9.17, 15) is 10.1 Å². The zero-order valence-electron chi connectivity index (χ0n) is 6.36. The van der Waals surface area contributed by atoms with Crippen molar-refractivity contribution in [1.82, 2.24) is 0 Å². The number of hydrogen-bond acceptors (Lipinski definition) is 6. The molecule has 0 aliphatic carbocycles. The summed E-state index contributed by atoms with van der Waals surface area (Å²) in [5.74, 6) is -0.486. The standard InChI is InChI=1S/C4H8O5S.Na/c1-2-7-4(5)3-10-9-8-6;/h6H,2-3H2,1H3;/q;+1/p-1. The van der Waals surface area contributed by atoms with Crippen LogP contribution in [0.5, 0.6) is 0 Å². The quantitative estimate of drug-likeness (QED) is 0.111. The van der Waals surface area contributed by atoms with Crippen LogP contribution < -0.4 is 34.8 Å². The van der Waals surface area contributed by atoms with E-state index in [4.69, 9.17) is 0 Å². The molecular formula is C4H7NaO5S. The van der Waals surface area contributed by atoms with E-state index in [0.29, 0.717) is 18.6 Å². The Kier molecular flexibility index (Phi) is 13.8. The van der Waals surface area contributed by atoms with Gasteiger partial charge in [0.15, 0.2) is 0 Å². The summed E-state index contributed by atoms with van der Waals surface area (Å²) in [6, 6.07) is 0. The molecule has 0 atom stereocenters. The summed E-state index contributed by atoms with van der Waals surface area (Å²) in [5, 5.41) is 12.1. The van der Waals surface area contributed by atoms with Crippen molar-refractivity contribution in [3.05, 3.63) is 0 Å². The van der Waals surface area contributed by atoms with Crippen molar-refractivity contribution in [3.8, 4) is 0 Å². The summed E-state index contributed by atoms with van der Waals surface area (Å²) in [6.07, 6.45) is 0. The Hall–Kier alpha value is 0.700. The Balaban J connectivity index is 0. The summed E-state index contributed by atoms with van der Waals surface area (Å²) in [4.78, 5) is 10.4. The molecule has 0 radical (unpaired) electrons. The Labute approximate surface area is 90.7 Å². The van der Waals surface area contributed by atoms with E-state index in [1.165, 1.54) is 0 Å². The van der Waals surface area contributed by atoms with E-state index < -0.39 is 5.97 Å². The summed E-state index contributed by atoms with van der Waals surface area (Å²) >= 11 is 0.592. The first-order valence-electron chi connectivity index (χ1n) is 2.55. The van der Waals surface area contributed by atoms with Crippen LogP contribution in [-0.4, -0.2) is 18.3 Å². The summed E-state index contributed by atoms with van der Waals surface area (Å²) in [6.45, 7) is 2.01. The fraction of sp³-hybridized carbons (Fsp3) is 0.750. The first kappa shape index (κ1) is 14.2. The normalized spacial score (nSPS) is 8.55. The minimum absolute atomic E-state index is 0. The van der Waals surface area contributed by atoms with Crippen molar-refractivity contribution in [1.29, 1.82) is 0 Å². The van der Waals surface area contributed by atoms with Gasteiger partial charge in [0.1, 0.15) is 5.75 Å². The molecule has 7 heteroatoms. The number of esters is 1. The first-order valence-corrected chi connectivity index (χ1v) is 3.46. The van der Waals surface area contributed by atoms with E-state index in [2.05, 4.69) is 14.1 Å². The maximum absolute atomic E-state index is 10.4. The fourth-order valence-corrected chi connectivity index (χ4v) is 0.561. The van der Waals surface area contributed by atoms with Crippen LogP contribution in [0.2, 0.25) is 0 Å². The van der Waals surface area contributed by atoms with Crippen LogP contribution in [0.4, 0.5) is 0 Å². The number of hydrogen-bond donors (Lipinski definition) is 0. The Bertz CT molecular complexity index is 100. The molecule has 0 aromatic carbocycles. The zero-order valence-corrected chi connectivity index (χ0v) is 9.18. The Morgan fingerprint density at radius 2 is 2.27 bits per heavy atom. The molecule has 0 rings (SSSR count). The van der Waals surface area contributed by atoms with E-state index in [-0.39, 0.29) is 35.3 Å². The maximum Gasteiger partial charge on any atom is 1.00 e. The fourth-order valence-electron chi connectivity index (χ4n) is 0.294. The first-order chi connectivity index (χ1) is 4.81. The minimum Gasteiger partial charge on any atom is -0.691 e.